The van der Waals surface area contributed by atoms with E-state index in [2.05, 4.69) is 15.9 Å². The molecule has 0 aliphatic carbocycles. The summed E-state index contributed by atoms with van der Waals surface area (Å²) in [6, 6.07) is 3.34. The third-order valence-corrected chi connectivity index (χ3v) is 4.80. The molecule has 1 N–H and O–H groups in total. The zero-order chi connectivity index (χ0) is 18.1. The molecule has 1 aromatic rings. The standard InChI is InChI=1S/C16H20BrClN2O4/c1-16(2,3)24-15(23)20-6-4-19(5-7-20)10-8-11(14(21)22)13(18)12(17)9-10/h8-9H,4-7H2,1-3H3,(H,21,22). The number of benzene rings is 1. The molecule has 24 heavy (non-hydrogen) atoms. The van der Waals surface area contributed by atoms with Crippen molar-refractivity contribution in [1.82, 2.24) is 4.90 Å². The van der Waals surface area contributed by atoms with Gasteiger partial charge in [0.15, 0.2) is 0 Å². The van der Waals surface area contributed by atoms with E-state index >= 15 is 0 Å². The molecule has 0 aromatic heterocycles. The number of nitrogens with zero attached hydrogens (tertiary/aromatic N) is 2. The van der Waals surface area contributed by atoms with Crippen molar-refractivity contribution in [2.24, 2.45) is 0 Å². The van der Waals surface area contributed by atoms with E-state index in [0.717, 1.165) is 5.69 Å². The number of amides is 1. The van der Waals surface area contributed by atoms with Gasteiger partial charge in [-0.1, -0.05) is 11.6 Å². The van der Waals surface area contributed by atoms with Gasteiger partial charge < -0.3 is 19.6 Å². The van der Waals surface area contributed by atoms with Crippen LogP contribution >= 0.6 is 27.5 Å². The predicted molar refractivity (Wildman–Crippen MR) is 96.1 cm³/mol. The first-order chi connectivity index (χ1) is 11.1. The van der Waals surface area contributed by atoms with Crippen molar-refractivity contribution >= 4 is 45.3 Å². The number of carboxylic acids is 1. The van der Waals surface area contributed by atoms with Gasteiger partial charge in [0, 0.05) is 36.3 Å². The van der Waals surface area contributed by atoms with Gasteiger partial charge in [0.2, 0.25) is 0 Å². The average molecular weight is 420 g/mol. The second kappa shape index (κ2) is 7.19. The topological polar surface area (TPSA) is 70.1 Å². The Morgan fingerprint density at radius 1 is 1.21 bits per heavy atom. The maximum Gasteiger partial charge on any atom is 0.410 e. The Morgan fingerprint density at radius 2 is 1.79 bits per heavy atom. The van der Waals surface area contributed by atoms with Crippen molar-refractivity contribution in [3.8, 4) is 0 Å². The van der Waals surface area contributed by atoms with E-state index in [1.54, 1.807) is 17.0 Å². The molecule has 1 heterocycles. The van der Waals surface area contributed by atoms with Crippen LogP contribution < -0.4 is 4.90 Å². The summed E-state index contributed by atoms with van der Waals surface area (Å²) in [5.74, 6) is -1.07. The number of aromatic carboxylic acids is 1. The Kier molecular flexibility index (Phi) is 5.65. The van der Waals surface area contributed by atoms with Crippen molar-refractivity contribution in [2.75, 3.05) is 31.1 Å². The Hall–Kier alpha value is -1.47. The molecule has 0 radical (unpaired) electrons. The number of carboxylic acid groups (broad SMARTS) is 1. The summed E-state index contributed by atoms with van der Waals surface area (Å²) in [5, 5.41) is 9.42. The quantitative estimate of drug-likeness (QED) is 0.788. The van der Waals surface area contributed by atoms with E-state index in [4.69, 9.17) is 16.3 Å². The fourth-order valence-corrected chi connectivity index (χ4v) is 3.02. The average Bonchev–Trinajstić information content (AvgIpc) is 2.48. The number of halogens is 2. The molecule has 0 spiro atoms. The van der Waals surface area contributed by atoms with Gasteiger partial charge in [-0.05, 0) is 48.8 Å². The Balaban J connectivity index is 2.07. The van der Waals surface area contributed by atoms with Crippen molar-refractivity contribution in [3.63, 3.8) is 0 Å². The monoisotopic (exact) mass is 418 g/mol. The van der Waals surface area contributed by atoms with E-state index in [9.17, 15) is 14.7 Å². The summed E-state index contributed by atoms with van der Waals surface area (Å²) in [6.45, 7) is 7.70. The van der Waals surface area contributed by atoms with E-state index < -0.39 is 11.6 Å². The summed E-state index contributed by atoms with van der Waals surface area (Å²) < 4.78 is 5.91. The number of hydrogen-bond acceptors (Lipinski definition) is 4. The van der Waals surface area contributed by atoms with Gasteiger partial charge in [0.1, 0.15) is 5.60 Å². The van der Waals surface area contributed by atoms with Gasteiger partial charge in [-0.25, -0.2) is 9.59 Å². The van der Waals surface area contributed by atoms with E-state index in [-0.39, 0.29) is 16.7 Å². The summed E-state index contributed by atoms with van der Waals surface area (Å²) in [5.41, 5.74) is 0.286. The van der Waals surface area contributed by atoms with E-state index in [1.807, 2.05) is 25.7 Å². The predicted octanol–water partition coefficient (Wildman–Crippen LogP) is 3.86. The van der Waals surface area contributed by atoms with Crippen molar-refractivity contribution in [1.29, 1.82) is 0 Å². The Bertz CT molecular complexity index is 652. The highest BCUT2D eigenvalue weighted by Gasteiger charge is 2.26. The fourth-order valence-electron chi connectivity index (χ4n) is 2.39. The number of carbonyl (C=O) groups excluding carboxylic acids is 1. The minimum absolute atomic E-state index is 0.0515. The summed E-state index contributed by atoms with van der Waals surface area (Å²) >= 11 is 9.30. The molecule has 1 aliphatic heterocycles. The number of ether oxygens (including phenoxy) is 1. The number of anilines is 1. The summed E-state index contributed by atoms with van der Waals surface area (Å²) in [7, 11) is 0. The molecule has 1 saturated heterocycles. The maximum atomic E-state index is 12.1. The van der Waals surface area contributed by atoms with Crippen LogP contribution in [0.2, 0.25) is 5.02 Å². The van der Waals surface area contributed by atoms with Crippen LogP contribution in [-0.2, 0) is 4.74 Å². The molecular weight excluding hydrogens is 400 g/mol. The highest BCUT2D eigenvalue weighted by atomic mass is 79.9. The number of hydrogen-bond donors (Lipinski definition) is 1. The SMILES string of the molecule is CC(C)(C)OC(=O)N1CCN(c2cc(Br)c(Cl)c(C(=O)O)c2)CC1. The molecular formula is C16H20BrClN2O4. The second-order valence-electron chi connectivity index (χ2n) is 6.55. The number of piperazine rings is 1. The molecule has 0 unspecified atom stereocenters. The van der Waals surface area contributed by atoms with Crippen LogP contribution in [0.1, 0.15) is 31.1 Å². The van der Waals surface area contributed by atoms with Crippen LogP contribution in [0.4, 0.5) is 10.5 Å². The molecule has 0 atom stereocenters. The summed E-state index contributed by atoms with van der Waals surface area (Å²) in [4.78, 5) is 27.1. The largest absolute Gasteiger partial charge is 0.478 e. The molecule has 1 amide bonds. The van der Waals surface area contributed by atoms with Crippen LogP contribution in [0.3, 0.4) is 0 Å². The first-order valence-electron chi connectivity index (χ1n) is 7.53. The van der Waals surface area contributed by atoms with Crippen molar-refractivity contribution in [3.05, 3.63) is 27.2 Å². The lowest BCUT2D eigenvalue weighted by molar-refractivity contribution is 0.0240. The molecule has 1 aliphatic rings. The minimum atomic E-state index is -1.07. The molecule has 0 bridgehead atoms. The molecule has 1 fully saturated rings. The number of rotatable bonds is 2. The highest BCUT2D eigenvalue weighted by Crippen LogP contribution is 2.32. The molecule has 8 heteroatoms. The minimum Gasteiger partial charge on any atom is -0.478 e. The van der Waals surface area contributed by atoms with Gasteiger partial charge >= 0.3 is 12.1 Å². The van der Waals surface area contributed by atoms with Gasteiger partial charge in [-0.2, -0.15) is 0 Å². The van der Waals surface area contributed by atoms with Gasteiger partial charge in [-0.15, -0.1) is 0 Å². The van der Waals surface area contributed by atoms with Crippen molar-refractivity contribution in [2.45, 2.75) is 26.4 Å². The lowest BCUT2D eigenvalue weighted by Gasteiger charge is -2.37. The smallest absolute Gasteiger partial charge is 0.410 e. The third kappa shape index (κ3) is 4.54. The van der Waals surface area contributed by atoms with Crippen LogP contribution in [0.25, 0.3) is 0 Å². The van der Waals surface area contributed by atoms with Crippen LogP contribution in [0.15, 0.2) is 16.6 Å². The normalized spacial score (nSPS) is 15.4. The third-order valence-electron chi connectivity index (χ3n) is 3.54. The molecule has 132 valence electrons. The highest BCUT2D eigenvalue weighted by molar-refractivity contribution is 9.10. The first-order valence-corrected chi connectivity index (χ1v) is 8.71. The molecule has 0 saturated carbocycles. The van der Waals surface area contributed by atoms with E-state index in [0.29, 0.717) is 30.7 Å². The zero-order valence-electron chi connectivity index (χ0n) is 13.8. The maximum absolute atomic E-state index is 12.1. The second-order valence-corrected chi connectivity index (χ2v) is 7.78. The zero-order valence-corrected chi connectivity index (χ0v) is 16.1. The lowest BCUT2D eigenvalue weighted by Crippen LogP contribution is -2.50. The van der Waals surface area contributed by atoms with Gasteiger partial charge in [0.05, 0.1) is 10.6 Å². The van der Waals surface area contributed by atoms with Crippen LogP contribution in [0, 0.1) is 0 Å². The number of carbonyl (C=O) groups is 2. The lowest BCUT2D eigenvalue weighted by atomic mass is 10.1. The van der Waals surface area contributed by atoms with Crippen molar-refractivity contribution < 1.29 is 19.4 Å². The molecule has 1 aromatic carbocycles. The molecule has 6 nitrogen and oxygen atoms in total. The van der Waals surface area contributed by atoms with Gasteiger partial charge in [0.25, 0.3) is 0 Å². The van der Waals surface area contributed by atoms with E-state index in [1.165, 1.54) is 0 Å². The van der Waals surface area contributed by atoms with Gasteiger partial charge in [-0.3, -0.25) is 0 Å². The van der Waals surface area contributed by atoms with Crippen LogP contribution in [-0.4, -0.2) is 53.8 Å². The Morgan fingerprint density at radius 3 is 2.29 bits per heavy atom. The first kappa shape index (κ1) is 18.9. The molecule has 2 rings (SSSR count). The van der Waals surface area contributed by atoms with Crippen LogP contribution in [0.5, 0.6) is 0 Å². The summed E-state index contributed by atoms with van der Waals surface area (Å²) in [6.07, 6.45) is -0.328. The fraction of sp³-hybridized carbons (Fsp3) is 0.500. The Labute approximate surface area is 154 Å².